The summed E-state index contributed by atoms with van der Waals surface area (Å²) in [6.45, 7) is 1.70. The molecule has 0 spiro atoms. The molecular weight excluding hydrogens is 257 g/mol. The summed E-state index contributed by atoms with van der Waals surface area (Å²) in [5.74, 6) is 0.407. The van der Waals surface area contributed by atoms with Gasteiger partial charge in [-0.1, -0.05) is 11.6 Å². The SMILES string of the molecule is CC(C=O)Nc1ncc(Br)nc1Cl. The fourth-order valence-corrected chi connectivity index (χ4v) is 1.27. The Balaban J connectivity index is 2.83. The number of anilines is 1. The lowest BCUT2D eigenvalue weighted by Crippen LogP contribution is -2.17. The van der Waals surface area contributed by atoms with Crippen molar-refractivity contribution in [3.63, 3.8) is 0 Å². The van der Waals surface area contributed by atoms with Crippen LogP contribution >= 0.6 is 27.5 Å². The second kappa shape index (κ2) is 4.53. The fourth-order valence-electron chi connectivity index (χ4n) is 0.693. The summed E-state index contributed by atoms with van der Waals surface area (Å²) in [5.41, 5.74) is 0. The third-order valence-electron chi connectivity index (χ3n) is 1.27. The molecule has 0 aliphatic rings. The number of carbonyl (C=O) groups is 1. The minimum absolute atomic E-state index is 0.239. The van der Waals surface area contributed by atoms with Gasteiger partial charge < -0.3 is 10.1 Å². The van der Waals surface area contributed by atoms with E-state index in [0.717, 1.165) is 6.29 Å². The zero-order valence-corrected chi connectivity index (χ0v) is 9.13. The Morgan fingerprint density at radius 1 is 1.77 bits per heavy atom. The van der Waals surface area contributed by atoms with E-state index in [4.69, 9.17) is 11.6 Å². The lowest BCUT2D eigenvalue weighted by Gasteiger charge is -2.08. The largest absolute Gasteiger partial charge is 0.358 e. The van der Waals surface area contributed by atoms with Crippen LogP contribution in [0.2, 0.25) is 5.15 Å². The van der Waals surface area contributed by atoms with Crippen molar-refractivity contribution in [3.05, 3.63) is 16.0 Å². The molecule has 0 aliphatic carbocycles. The zero-order valence-electron chi connectivity index (χ0n) is 6.79. The van der Waals surface area contributed by atoms with Crippen LogP contribution in [-0.4, -0.2) is 22.3 Å². The predicted octanol–water partition coefficient (Wildman–Crippen LogP) is 1.89. The third-order valence-corrected chi connectivity index (χ3v) is 1.91. The quantitative estimate of drug-likeness (QED) is 0.847. The first-order valence-corrected chi connectivity index (χ1v) is 4.70. The fraction of sp³-hybridized carbons (Fsp3) is 0.286. The summed E-state index contributed by atoms with van der Waals surface area (Å²) >= 11 is 8.87. The zero-order chi connectivity index (χ0) is 9.84. The van der Waals surface area contributed by atoms with Crippen molar-refractivity contribution in [1.29, 1.82) is 0 Å². The van der Waals surface area contributed by atoms with E-state index in [-0.39, 0.29) is 11.2 Å². The van der Waals surface area contributed by atoms with Crippen molar-refractivity contribution in [1.82, 2.24) is 9.97 Å². The molecule has 0 amide bonds. The average Bonchev–Trinajstić information content (AvgIpc) is 2.09. The molecule has 1 N–H and O–H groups in total. The maximum Gasteiger partial charge on any atom is 0.172 e. The van der Waals surface area contributed by atoms with Crippen LogP contribution in [0.4, 0.5) is 5.82 Å². The number of rotatable bonds is 3. The summed E-state index contributed by atoms with van der Waals surface area (Å²) in [5, 5.41) is 3.03. The Kier molecular flexibility index (Phi) is 3.62. The second-order valence-corrected chi connectivity index (χ2v) is 3.57. The minimum Gasteiger partial charge on any atom is -0.358 e. The molecule has 1 atom stereocenters. The molecule has 70 valence electrons. The Morgan fingerprint density at radius 3 is 3.00 bits per heavy atom. The number of aldehydes is 1. The van der Waals surface area contributed by atoms with Crippen LogP contribution in [0.15, 0.2) is 10.8 Å². The van der Waals surface area contributed by atoms with Crippen molar-refractivity contribution >= 4 is 39.6 Å². The van der Waals surface area contributed by atoms with E-state index in [1.165, 1.54) is 6.20 Å². The normalized spacial score (nSPS) is 12.2. The number of halogens is 2. The number of nitrogens with one attached hydrogen (secondary N) is 1. The molecule has 1 heterocycles. The Labute approximate surface area is 88.8 Å². The predicted molar refractivity (Wildman–Crippen MR) is 53.9 cm³/mol. The van der Waals surface area contributed by atoms with Gasteiger partial charge in [0.15, 0.2) is 11.0 Å². The molecule has 0 bridgehead atoms. The summed E-state index contributed by atoms with van der Waals surface area (Å²) in [6.07, 6.45) is 2.27. The van der Waals surface area contributed by atoms with Crippen molar-refractivity contribution in [2.45, 2.75) is 13.0 Å². The van der Waals surface area contributed by atoms with Crippen molar-refractivity contribution in [2.24, 2.45) is 0 Å². The lowest BCUT2D eigenvalue weighted by atomic mass is 10.4. The molecule has 0 saturated carbocycles. The van der Waals surface area contributed by atoms with Gasteiger partial charge in [-0.2, -0.15) is 0 Å². The van der Waals surface area contributed by atoms with Crippen molar-refractivity contribution in [3.8, 4) is 0 Å². The first kappa shape index (κ1) is 10.4. The van der Waals surface area contributed by atoms with E-state index in [9.17, 15) is 4.79 Å². The Morgan fingerprint density at radius 2 is 2.46 bits per heavy atom. The molecule has 1 aromatic rings. The van der Waals surface area contributed by atoms with Crippen LogP contribution in [-0.2, 0) is 4.79 Å². The van der Waals surface area contributed by atoms with E-state index in [2.05, 4.69) is 31.2 Å². The van der Waals surface area contributed by atoms with E-state index in [1.807, 2.05) is 0 Å². The molecule has 0 saturated heterocycles. The average molecular weight is 265 g/mol. The van der Waals surface area contributed by atoms with E-state index >= 15 is 0 Å². The van der Waals surface area contributed by atoms with Gasteiger partial charge in [-0.15, -0.1) is 0 Å². The van der Waals surface area contributed by atoms with Gasteiger partial charge in [-0.3, -0.25) is 0 Å². The van der Waals surface area contributed by atoms with Crippen LogP contribution in [0.3, 0.4) is 0 Å². The summed E-state index contributed by atoms with van der Waals surface area (Å²) < 4.78 is 0.557. The molecule has 1 aromatic heterocycles. The second-order valence-electron chi connectivity index (χ2n) is 2.40. The van der Waals surface area contributed by atoms with Crippen molar-refractivity contribution < 1.29 is 4.79 Å². The first-order chi connectivity index (χ1) is 6.13. The van der Waals surface area contributed by atoms with E-state index in [0.29, 0.717) is 10.4 Å². The van der Waals surface area contributed by atoms with E-state index < -0.39 is 0 Å². The Bertz CT molecular complexity index is 321. The number of nitrogens with zero attached hydrogens (tertiary/aromatic N) is 2. The van der Waals surface area contributed by atoms with Crippen LogP contribution in [0.25, 0.3) is 0 Å². The van der Waals surface area contributed by atoms with Crippen LogP contribution in [0.5, 0.6) is 0 Å². The summed E-state index contributed by atoms with van der Waals surface area (Å²) in [4.78, 5) is 18.2. The standard InChI is InChI=1S/C7H7BrClN3O/c1-4(3-13)11-7-6(9)12-5(8)2-10-7/h2-4H,1H3,(H,10,11). The molecule has 0 fully saturated rings. The molecule has 1 rings (SSSR count). The Hall–Kier alpha value is -0.680. The highest BCUT2D eigenvalue weighted by atomic mass is 79.9. The van der Waals surface area contributed by atoms with Gasteiger partial charge in [-0.05, 0) is 22.9 Å². The molecule has 0 radical (unpaired) electrons. The number of hydrogen-bond acceptors (Lipinski definition) is 4. The highest BCUT2D eigenvalue weighted by Gasteiger charge is 2.06. The number of aromatic nitrogens is 2. The van der Waals surface area contributed by atoms with Gasteiger partial charge in [0.2, 0.25) is 0 Å². The maximum atomic E-state index is 10.3. The molecule has 6 heteroatoms. The summed E-state index contributed by atoms with van der Waals surface area (Å²) in [7, 11) is 0. The van der Waals surface area contributed by atoms with Gasteiger partial charge in [0.1, 0.15) is 10.9 Å². The van der Waals surface area contributed by atoms with Gasteiger partial charge in [-0.25, -0.2) is 9.97 Å². The van der Waals surface area contributed by atoms with Crippen molar-refractivity contribution in [2.75, 3.05) is 5.32 Å². The number of hydrogen-bond donors (Lipinski definition) is 1. The lowest BCUT2D eigenvalue weighted by molar-refractivity contribution is -0.108. The topological polar surface area (TPSA) is 54.9 Å². The third kappa shape index (κ3) is 2.93. The smallest absolute Gasteiger partial charge is 0.172 e. The molecule has 0 aliphatic heterocycles. The summed E-state index contributed by atoms with van der Waals surface area (Å²) in [6, 6.07) is -0.326. The monoisotopic (exact) mass is 263 g/mol. The van der Waals surface area contributed by atoms with Crippen LogP contribution in [0, 0.1) is 0 Å². The highest BCUT2D eigenvalue weighted by molar-refractivity contribution is 9.10. The maximum absolute atomic E-state index is 10.3. The molecule has 4 nitrogen and oxygen atoms in total. The number of carbonyl (C=O) groups excluding carboxylic acids is 1. The van der Waals surface area contributed by atoms with Gasteiger partial charge in [0.05, 0.1) is 12.2 Å². The highest BCUT2D eigenvalue weighted by Crippen LogP contribution is 2.18. The molecular formula is C7H7BrClN3O. The van der Waals surface area contributed by atoms with Crippen LogP contribution < -0.4 is 5.32 Å². The molecule has 0 aromatic carbocycles. The minimum atomic E-state index is -0.326. The first-order valence-electron chi connectivity index (χ1n) is 3.53. The van der Waals surface area contributed by atoms with Gasteiger partial charge >= 0.3 is 0 Å². The van der Waals surface area contributed by atoms with Gasteiger partial charge in [0.25, 0.3) is 0 Å². The molecule has 1 unspecified atom stereocenters. The van der Waals surface area contributed by atoms with E-state index in [1.54, 1.807) is 6.92 Å². The molecule has 13 heavy (non-hydrogen) atoms. The van der Waals surface area contributed by atoms with Gasteiger partial charge in [0, 0.05) is 0 Å². The van der Waals surface area contributed by atoms with Crippen LogP contribution in [0.1, 0.15) is 6.92 Å².